The highest BCUT2D eigenvalue weighted by atomic mass is 16.6. The average molecular weight is 364 g/mol. The van der Waals surface area contributed by atoms with Gasteiger partial charge >= 0.3 is 0 Å². The first kappa shape index (κ1) is 18.7. The molecule has 148 valence electrons. The molecule has 4 aliphatic rings. The zero-order valence-electron chi connectivity index (χ0n) is 17.0. The summed E-state index contributed by atoms with van der Waals surface area (Å²) in [6.45, 7) is 6.76. The monoisotopic (exact) mass is 363 g/mol. The molecule has 4 saturated carbocycles. The minimum Gasteiger partial charge on any atom is -0.399 e. The number of fused-ring (bicyclic) bond motifs is 5. The average Bonchev–Trinajstić information content (AvgIpc) is 2.88. The SMILES string of the molecule is CO/N=C(/C)C1(O)CCC2C3CCC4CC(O)CCC4(C)C3CCC21C. The van der Waals surface area contributed by atoms with Crippen LogP contribution in [0.5, 0.6) is 0 Å². The third kappa shape index (κ3) is 2.37. The molecule has 4 rings (SSSR count). The Hall–Kier alpha value is -0.610. The molecule has 8 atom stereocenters. The molecule has 0 aliphatic heterocycles. The number of nitrogens with zero attached hydrogens (tertiary/aromatic N) is 1. The Morgan fingerprint density at radius 3 is 2.46 bits per heavy atom. The molecule has 4 nitrogen and oxygen atoms in total. The van der Waals surface area contributed by atoms with Crippen molar-refractivity contribution >= 4 is 5.71 Å². The van der Waals surface area contributed by atoms with Crippen LogP contribution in [-0.2, 0) is 4.84 Å². The molecule has 0 aromatic heterocycles. The number of hydrogen-bond acceptors (Lipinski definition) is 4. The highest BCUT2D eigenvalue weighted by molar-refractivity contribution is 5.91. The Labute approximate surface area is 158 Å². The Kier molecular flexibility index (Phi) is 4.47. The molecule has 0 aromatic carbocycles. The van der Waals surface area contributed by atoms with Gasteiger partial charge in [0.15, 0.2) is 0 Å². The van der Waals surface area contributed by atoms with Crippen LogP contribution in [0, 0.1) is 34.5 Å². The zero-order chi connectivity index (χ0) is 18.7. The van der Waals surface area contributed by atoms with Gasteiger partial charge in [0.2, 0.25) is 0 Å². The molecule has 0 aromatic rings. The van der Waals surface area contributed by atoms with Crippen LogP contribution in [0.2, 0.25) is 0 Å². The van der Waals surface area contributed by atoms with Crippen molar-refractivity contribution in [1.82, 2.24) is 0 Å². The molecule has 0 bridgehead atoms. The molecule has 0 radical (unpaired) electrons. The number of aliphatic hydroxyl groups is 2. The van der Waals surface area contributed by atoms with Gasteiger partial charge in [0.1, 0.15) is 12.7 Å². The summed E-state index contributed by atoms with van der Waals surface area (Å²) in [6, 6.07) is 0. The number of aliphatic hydroxyl groups excluding tert-OH is 1. The van der Waals surface area contributed by atoms with Gasteiger partial charge in [0, 0.05) is 5.41 Å². The van der Waals surface area contributed by atoms with Crippen molar-refractivity contribution in [2.75, 3.05) is 7.11 Å². The van der Waals surface area contributed by atoms with Crippen molar-refractivity contribution in [3.8, 4) is 0 Å². The lowest BCUT2D eigenvalue weighted by atomic mass is 9.44. The standard InChI is InChI=1S/C22H37NO3/c1-14(23-26-4)22(25)12-9-19-17-6-5-15-13-16(24)7-10-20(15,2)18(17)8-11-21(19,22)3/h15-19,24-25H,5-13H2,1-4H3/b23-14-. The van der Waals surface area contributed by atoms with Crippen LogP contribution in [0.4, 0.5) is 0 Å². The van der Waals surface area contributed by atoms with Crippen LogP contribution in [0.15, 0.2) is 5.16 Å². The van der Waals surface area contributed by atoms with E-state index in [1.54, 1.807) is 7.11 Å². The molecule has 0 saturated heterocycles. The minimum atomic E-state index is -0.820. The van der Waals surface area contributed by atoms with Crippen molar-refractivity contribution in [2.45, 2.75) is 90.3 Å². The highest BCUT2D eigenvalue weighted by Crippen LogP contribution is 2.68. The molecule has 4 aliphatic carbocycles. The summed E-state index contributed by atoms with van der Waals surface area (Å²) in [4.78, 5) is 5.01. The largest absolute Gasteiger partial charge is 0.399 e. The number of oxime groups is 1. The molecular weight excluding hydrogens is 326 g/mol. The van der Waals surface area contributed by atoms with E-state index in [1.807, 2.05) is 6.92 Å². The van der Waals surface area contributed by atoms with Gasteiger partial charge < -0.3 is 15.1 Å². The van der Waals surface area contributed by atoms with Crippen LogP contribution in [0.3, 0.4) is 0 Å². The van der Waals surface area contributed by atoms with Crippen LogP contribution in [0.1, 0.15) is 78.6 Å². The maximum absolute atomic E-state index is 11.6. The molecule has 0 spiro atoms. The third-order valence-corrected chi connectivity index (χ3v) is 9.62. The summed E-state index contributed by atoms with van der Waals surface area (Å²) in [5, 5.41) is 25.9. The summed E-state index contributed by atoms with van der Waals surface area (Å²) in [5.41, 5.74) is 0.237. The lowest BCUT2D eigenvalue weighted by Gasteiger charge is -2.61. The van der Waals surface area contributed by atoms with Gasteiger partial charge in [-0.25, -0.2) is 0 Å². The summed E-state index contributed by atoms with van der Waals surface area (Å²) in [7, 11) is 1.57. The highest BCUT2D eigenvalue weighted by Gasteiger charge is 2.65. The van der Waals surface area contributed by atoms with Crippen molar-refractivity contribution < 1.29 is 15.1 Å². The van der Waals surface area contributed by atoms with E-state index < -0.39 is 5.60 Å². The summed E-state index contributed by atoms with van der Waals surface area (Å²) in [5.74, 6) is 2.75. The van der Waals surface area contributed by atoms with E-state index in [0.717, 1.165) is 49.7 Å². The molecular formula is C22H37NO3. The second-order valence-electron chi connectivity index (χ2n) is 10.3. The van der Waals surface area contributed by atoms with Crippen LogP contribution in [0.25, 0.3) is 0 Å². The predicted octanol–water partition coefficient (Wildman–Crippen LogP) is 4.14. The fraction of sp³-hybridized carbons (Fsp3) is 0.955. The van der Waals surface area contributed by atoms with Crippen LogP contribution >= 0.6 is 0 Å². The van der Waals surface area contributed by atoms with Gasteiger partial charge in [-0.2, -0.15) is 0 Å². The number of hydrogen-bond donors (Lipinski definition) is 2. The van der Waals surface area contributed by atoms with Crippen molar-refractivity contribution in [3.05, 3.63) is 0 Å². The Morgan fingerprint density at radius 1 is 1.00 bits per heavy atom. The maximum Gasteiger partial charge on any atom is 0.111 e. The predicted molar refractivity (Wildman–Crippen MR) is 103 cm³/mol. The molecule has 2 N–H and O–H groups in total. The Balaban J connectivity index is 1.63. The third-order valence-electron chi connectivity index (χ3n) is 9.62. The first-order valence-corrected chi connectivity index (χ1v) is 10.7. The molecule has 8 unspecified atom stereocenters. The quantitative estimate of drug-likeness (QED) is 0.572. The summed E-state index contributed by atoms with van der Waals surface area (Å²) >= 11 is 0. The van der Waals surface area contributed by atoms with Gasteiger partial charge in [-0.1, -0.05) is 19.0 Å². The Morgan fingerprint density at radius 2 is 1.73 bits per heavy atom. The lowest BCUT2D eigenvalue weighted by Crippen LogP contribution is -2.58. The zero-order valence-corrected chi connectivity index (χ0v) is 17.0. The molecule has 4 heteroatoms. The fourth-order valence-corrected chi connectivity index (χ4v) is 8.06. The van der Waals surface area contributed by atoms with Gasteiger partial charge in [-0.05, 0) is 93.8 Å². The molecule has 0 heterocycles. The summed E-state index contributed by atoms with van der Waals surface area (Å²) < 4.78 is 0. The second-order valence-corrected chi connectivity index (χ2v) is 10.3. The maximum atomic E-state index is 11.6. The van der Waals surface area contributed by atoms with Crippen LogP contribution < -0.4 is 0 Å². The lowest BCUT2D eigenvalue weighted by molar-refractivity contribution is -0.143. The van der Waals surface area contributed by atoms with Gasteiger partial charge in [-0.15, -0.1) is 0 Å². The van der Waals surface area contributed by atoms with E-state index in [9.17, 15) is 10.2 Å². The smallest absolute Gasteiger partial charge is 0.111 e. The minimum absolute atomic E-state index is 0.0806. The van der Waals surface area contributed by atoms with E-state index >= 15 is 0 Å². The van der Waals surface area contributed by atoms with Crippen molar-refractivity contribution in [3.63, 3.8) is 0 Å². The summed E-state index contributed by atoms with van der Waals surface area (Å²) in [6.07, 6.45) is 9.82. The van der Waals surface area contributed by atoms with E-state index in [2.05, 4.69) is 19.0 Å². The molecule has 26 heavy (non-hydrogen) atoms. The normalized spacial score (nSPS) is 54.2. The molecule has 4 fully saturated rings. The number of rotatable bonds is 2. The van der Waals surface area contributed by atoms with Crippen molar-refractivity contribution in [2.24, 2.45) is 39.7 Å². The van der Waals surface area contributed by atoms with E-state index in [-0.39, 0.29) is 11.5 Å². The van der Waals surface area contributed by atoms with E-state index in [4.69, 9.17) is 4.84 Å². The molecule has 0 amide bonds. The van der Waals surface area contributed by atoms with Gasteiger partial charge in [0.05, 0.1) is 11.8 Å². The topological polar surface area (TPSA) is 62.0 Å². The fourth-order valence-electron chi connectivity index (χ4n) is 8.06. The van der Waals surface area contributed by atoms with Crippen LogP contribution in [-0.4, -0.2) is 34.7 Å². The van der Waals surface area contributed by atoms with E-state index in [1.165, 1.54) is 25.7 Å². The van der Waals surface area contributed by atoms with Crippen molar-refractivity contribution in [1.29, 1.82) is 0 Å². The van der Waals surface area contributed by atoms with Gasteiger partial charge in [0.25, 0.3) is 0 Å². The van der Waals surface area contributed by atoms with E-state index in [0.29, 0.717) is 17.3 Å². The first-order valence-electron chi connectivity index (χ1n) is 10.7. The first-order chi connectivity index (χ1) is 12.3. The Bertz CT molecular complexity index is 592. The second kappa shape index (κ2) is 6.20. The van der Waals surface area contributed by atoms with Gasteiger partial charge in [-0.3, -0.25) is 0 Å².